The average Bonchev–Trinajstić information content (AvgIpc) is 2.71. The molecule has 0 aromatic carbocycles. The van der Waals surface area contributed by atoms with Gasteiger partial charge >= 0.3 is 0 Å². The molecule has 0 radical (unpaired) electrons. The first kappa shape index (κ1) is 9.86. The van der Waals surface area contributed by atoms with Crippen molar-refractivity contribution in [1.29, 1.82) is 0 Å². The lowest BCUT2D eigenvalue weighted by Gasteiger charge is -2.29. The van der Waals surface area contributed by atoms with E-state index in [-0.39, 0.29) is 4.92 Å². The largest absolute Gasteiger partial charge is 0.316 e. The van der Waals surface area contributed by atoms with Gasteiger partial charge < -0.3 is 5.32 Å². The minimum Gasteiger partial charge on any atom is -0.316 e. The van der Waals surface area contributed by atoms with Gasteiger partial charge in [0.2, 0.25) is 0 Å². The molecule has 0 spiro atoms. The van der Waals surface area contributed by atoms with Gasteiger partial charge in [0.1, 0.15) is 0 Å². The Hall–Kier alpha value is -0.680. The quantitative estimate of drug-likeness (QED) is 0.492. The standard InChI is InChI=1S/C9H17N3O2/c13-12(14)9-2-1-7(6-11-9)8-3-4-10-5-8/h7-11H,1-6H2. The lowest BCUT2D eigenvalue weighted by atomic mass is 9.85. The lowest BCUT2D eigenvalue weighted by molar-refractivity contribution is -0.533. The summed E-state index contributed by atoms with van der Waals surface area (Å²) in [7, 11) is 0. The maximum absolute atomic E-state index is 10.5. The summed E-state index contributed by atoms with van der Waals surface area (Å²) in [4.78, 5) is 10.3. The zero-order valence-corrected chi connectivity index (χ0v) is 8.24. The van der Waals surface area contributed by atoms with Gasteiger partial charge in [0.15, 0.2) is 0 Å². The number of hydrogen-bond donors (Lipinski definition) is 2. The van der Waals surface area contributed by atoms with E-state index in [0.717, 1.165) is 32.0 Å². The van der Waals surface area contributed by atoms with E-state index in [1.165, 1.54) is 6.42 Å². The highest BCUT2D eigenvalue weighted by Crippen LogP contribution is 2.26. The predicted octanol–water partition coefficient (Wildman–Crippen LogP) is 0.198. The Morgan fingerprint density at radius 2 is 1.93 bits per heavy atom. The zero-order valence-electron chi connectivity index (χ0n) is 8.24. The maximum atomic E-state index is 10.5. The molecule has 14 heavy (non-hydrogen) atoms. The van der Waals surface area contributed by atoms with Gasteiger partial charge in [-0.1, -0.05) is 0 Å². The summed E-state index contributed by atoms with van der Waals surface area (Å²) in [6.07, 6.45) is 2.43. The zero-order chi connectivity index (χ0) is 9.97. The van der Waals surface area contributed by atoms with Crippen LogP contribution in [0.5, 0.6) is 0 Å². The first-order valence-corrected chi connectivity index (χ1v) is 5.35. The summed E-state index contributed by atoms with van der Waals surface area (Å²) in [6.45, 7) is 3.02. The van der Waals surface area contributed by atoms with E-state index >= 15 is 0 Å². The molecule has 2 rings (SSSR count). The average molecular weight is 199 g/mol. The van der Waals surface area contributed by atoms with Crippen LogP contribution in [0.2, 0.25) is 0 Å². The van der Waals surface area contributed by atoms with Gasteiger partial charge in [0.25, 0.3) is 6.17 Å². The van der Waals surface area contributed by atoms with Gasteiger partial charge in [-0.3, -0.25) is 15.4 Å². The van der Waals surface area contributed by atoms with Crippen LogP contribution in [-0.4, -0.2) is 30.7 Å². The van der Waals surface area contributed by atoms with Crippen LogP contribution in [-0.2, 0) is 0 Å². The Morgan fingerprint density at radius 1 is 1.14 bits per heavy atom. The molecule has 0 aromatic heterocycles. The first-order valence-electron chi connectivity index (χ1n) is 5.35. The molecule has 2 aliphatic rings. The van der Waals surface area contributed by atoms with E-state index in [9.17, 15) is 10.1 Å². The van der Waals surface area contributed by atoms with Crippen molar-refractivity contribution in [1.82, 2.24) is 10.6 Å². The molecule has 2 fully saturated rings. The van der Waals surface area contributed by atoms with Crippen LogP contribution in [0, 0.1) is 22.0 Å². The number of piperidine rings is 1. The van der Waals surface area contributed by atoms with Gasteiger partial charge in [0, 0.05) is 17.9 Å². The number of nitrogens with zero attached hydrogens (tertiary/aromatic N) is 1. The Morgan fingerprint density at radius 3 is 2.43 bits per heavy atom. The van der Waals surface area contributed by atoms with Crippen LogP contribution < -0.4 is 10.6 Å². The fourth-order valence-corrected chi connectivity index (χ4v) is 2.53. The van der Waals surface area contributed by atoms with Crippen molar-refractivity contribution >= 4 is 0 Å². The smallest absolute Gasteiger partial charge is 0.266 e. The topological polar surface area (TPSA) is 67.2 Å². The molecule has 0 amide bonds. The lowest BCUT2D eigenvalue weighted by Crippen LogP contribution is -2.45. The van der Waals surface area contributed by atoms with Gasteiger partial charge in [-0.25, -0.2) is 0 Å². The molecule has 3 atom stereocenters. The molecule has 2 aliphatic heterocycles. The van der Waals surface area contributed by atoms with E-state index in [4.69, 9.17) is 0 Å². The highest BCUT2D eigenvalue weighted by Gasteiger charge is 2.32. The molecule has 0 bridgehead atoms. The fraction of sp³-hybridized carbons (Fsp3) is 1.00. The van der Waals surface area contributed by atoms with Gasteiger partial charge in [-0.2, -0.15) is 0 Å². The molecular weight excluding hydrogens is 182 g/mol. The van der Waals surface area contributed by atoms with Crippen molar-refractivity contribution in [2.24, 2.45) is 11.8 Å². The SMILES string of the molecule is O=[N+]([O-])C1CCC(C2CCNC2)CN1. The minimum atomic E-state index is -0.499. The summed E-state index contributed by atoms with van der Waals surface area (Å²) in [5.41, 5.74) is 0. The Balaban J connectivity index is 1.80. The normalized spacial score (nSPS) is 38.4. The van der Waals surface area contributed by atoms with Gasteiger partial charge in [-0.15, -0.1) is 0 Å². The number of nitrogens with one attached hydrogen (secondary N) is 2. The van der Waals surface area contributed by atoms with Crippen molar-refractivity contribution in [2.45, 2.75) is 25.4 Å². The molecule has 2 N–H and O–H groups in total. The molecule has 5 heteroatoms. The van der Waals surface area contributed by atoms with Crippen LogP contribution >= 0.6 is 0 Å². The van der Waals surface area contributed by atoms with Crippen molar-refractivity contribution in [3.8, 4) is 0 Å². The second kappa shape index (κ2) is 4.23. The van der Waals surface area contributed by atoms with E-state index < -0.39 is 6.17 Å². The van der Waals surface area contributed by atoms with Crippen molar-refractivity contribution in [3.63, 3.8) is 0 Å². The Labute approximate surface area is 83.4 Å². The van der Waals surface area contributed by atoms with Crippen molar-refractivity contribution in [3.05, 3.63) is 10.1 Å². The highest BCUT2D eigenvalue weighted by molar-refractivity contribution is 4.83. The summed E-state index contributed by atoms with van der Waals surface area (Å²) in [6, 6.07) is 0. The fourth-order valence-electron chi connectivity index (χ4n) is 2.53. The summed E-state index contributed by atoms with van der Waals surface area (Å²) in [5.74, 6) is 1.37. The highest BCUT2D eigenvalue weighted by atomic mass is 16.6. The summed E-state index contributed by atoms with van der Waals surface area (Å²) < 4.78 is 0. The third kappa shape index (κ3) is 2.04. The molecule has 3 unspecified atom stereocenters. The summed E-state index contributed by atoms with van der Waals surface area (Å²) in [5, 5.41) is 16.9. The van der Waals surface area contributed by atoms with E-state index in [2.05, 4.69) is 10.6 Å². The van der Waals surface area contributed by atoms with Crippen LogP contribution in [0.15, 0.2) is 0 Å². The number of hydrogen-bond acceptors (Lipinski definition) is 4. The molecule has 80 valence electrons. The van der Waals surface area contributed by atoms with Crippen molar-refractivity contribution in [2.75, 3.05) is 19.6 Å². The van der Waals surface area contributed by atoms with E-state index in [0.29, 0.717) is 12.3 Å². The molecule has 2 saturated heterocycles. The maximum Gasteiger partial charge on any atom is 0.266 e. The van der Waals surface area contributed by atoms with Crippen LogP contribution in [0.4, 0.5) is 0 Å². The number of rotatable bonds is 2. The third-order valence-corrected chi connectivity index (χ3v) is 3.45. The Bertz CT molecular complexity index is 208. The third-order valence-electron chi connectivity index (χ3n) is 3.45. The van der Waals surface area contributed by atoms with Crippen LogP contribution in [0.3, 0.4) is 0 Å². The molecule has 0 aromatic rings. The Kier molecular flexibility index (Phi) is 2.98. The van der Waals surface area contributed by atoms with Crippen molar-refractivity contribution < 1.29 is 4.92 Å². The second-order valence-electron chi connectivity index (χ2n) is 4.30. The monoisotopic (exact) mass is 199 g/mol. The second-order valence-corrected chi connectivity index (χ2v) is 4.30. The van der Waals surface area contributed by atoms with E-state index in [1.54, 1.807) is 0 Å². The molecular formula is C9H17N3O2. The molecule has 0 saturated carbocycles. The van der Waals surface area contributed by atoms with Gasteiger partial charge in [-0.05, 0) is 37.8 Å². The minimum absolute atomic E-state index is 0.205. The van der Waals surface area contributed by atoms with Crippen LogP contribution in [0.25, 0.3) is 0 Å². The predicted molar refractivity (Wildman–Crippen MR) is 52.5 cm³/mol. The molecule has 0 aliphatic carbocycles. The van der Waals surface area contributed by atoms with Gasteiger partial charge in [0.05, 0.1) is 0 Å². The molecule has 2 heterocycles. The molecule has 5 nitrogen and oxygen atoms in total. The number of nitro groups is 1. The van der Waals surface area contributed by atoms with E-state index in [1.807, 2.05) is 0 Å². The van der Waals surface area contributed by atoms with Crippen LogP contribution in [0.1, 0.15) is 19.3 Å². The summed E-state index contributed by atoms with van der Waals surface area (Å²) >= 11 is 0. The first-order chi connectivity index (χ1) is 6.77.